The minimum atomic E-state index is -0.0496. The number of nitrogens with one attached hydrogen (secondary N) is 1. The van der Waals surface area contributed by atoms with Crippen LogP contribution in [-0.4, -0.2) is 17.6 Å². The number of fused-ring (bicyclic) bond motifs is 2. The van der Waals surface area contributed by atoms with Crippen molar-refractivity contribution in [3.05, 3.63) is 58.2 Å². The summed E-state index contributed by atoms with van der Waals surface area (Å²) >= 11 is 3.50. The lowest BCUT2D eigenvalue weighted by atomic mass is 10.0. The van der Waals surface area contributed by atoms with Crippen LogP contribution >= 0.6 is 15.9 Å². The molecule has 0 atom stereocenters. The van der Waals surface area contributed by atoms with Gasteiger partial charge in [-0.25, -0.2) is 0 Å². The Morgan fingerprint density at radius 1 is 1.14 bits per heavy atom. The predicted molar refractivity (Wildman–Crippen MR) is 82.0 cm³/mol. The summed E-state index contributed by atoms with van der Waals surface area (Å²) < 4.78 is 11.5. The van der Waals surface area contributed by atoms with Crippen LogP contribution in [0.15, 0.2) is 47.1 Å². The lowest BCUT2D eigenvalue weighted by Crippen LogP contribution is -2.00. The third-order valence-electron chi connectivity index (χ3n) is 3.53. The Bertz CT molecular complexity index is 869. The molecule has 2 heterocycles. The van der Waals surface area contributed by atoms with E-state index < -0.39 is 0 Å². The van der Waals surface area contributed by atoms with Gasteiger partial charge in [0.05, 0.1) is 0 Å². The molecule has 1 aromatic heterocycles. The van der Waals surface area contributed by atoms with Gasteiger partial charge in [0.25, 0.3) is 0 Å². The van der Waals surface area contributed by atoms with E-state index in [2.05, 4.69) is 20.9 Å². The van der Waals surface area contributed by atoms with Crippen LogP contribution in [0, 0.1) is 0 Å². The Morgan fingerprint density at radius 2 is 2.00 bits per heavy atom. The number of carbonyl (C=O) groups is 1. The van der Waals surface area contributed by atoms with Gasteiger partial charge < -0.3 is 14.5 Å². The van der Waals surface area contributed by atoms with Crippen LogP contribution in [0.4, 0.5) is 0 Å². The highest BCUT2D eigenvalue weighted by Crippen LogP contribution is 2.34. The monoisotopic (exact) mass is 343 g/mol. The van der Waals surface area contributed by atoms with Crippen LogP contribution in [0.2, 0.25) is 0 Å². The number of hydrogen-bond acceptors (Lipinski definition) is 3. The summed E-state index contributed by atoms with van der Waals surface area (Å²) in [4.78, 5) is 15.9. The summed E-state index contributed by atoms with van der Waals surface area (Å²) in [7, 11) is 0. The van der Waals surface area contributed by atoms with E-state index in [1.165, 1.54) is 0 Å². The maximum Gasteiger partial charge on any atom is 0.231 e. The number of benzene rings is 2. The zero-order valence-corrected chi connectivity index (χ0v) is 12.4. The Kier molecular flexibility index (Phi) is 2.75. The summed E-state index contributed by atoms with van der Waals surface area (Å²) in [6, 6.07) is 11.0. The fraction of sp³-hybridized carbons (Fsp3) is 0.0625. The molecule has 3 aromatic rings. The Balaban J connectivity index is 1.83. The van der Waals surface area contributed by atoms with Crippen LogP contribution < -0.4 is 9.47 Å². The van der Waals surface area contributed by atoms with Crippen molar-refractivity contribution in [3.63, 3.8) is 0 Å². The molecule has 1 aliphatic rings. The molecule has 104 valence electrons. The number of ether oxygens (including phenoxy) is 2. The molecule has 0 bridgehead atoms. The molecule has 0 amide bonds. The van der Waals surface area contributed by atoms with Crippen molar-refractivity contribution in [3.8, 4) is 11.5 Å². The molecule has 0 saturated heterocycles. The van der Waals surface area contributed by atoms with Crippen LogP contribution in [0.5, 0.6) is 11.5 Å². The van der Waals surface area contributed by atoms with Gasteiger partial charge in [-0.1, -0.05) is 22.0 Å². The zero-order chi connectivity index (χ0) is 14.4. The number of aromatic nitrogens is 1. The van der Waals surface area contributed by atoms with E-state index in [9.17, 15) is 4.79 Å². The van der Waals surface area contributed by atoms with Crippen molar-refractivity contribution in [2.75, 3.05) is 6.79 Å². The highest BCUT2D eigenvalue weighted by molar-refractivity contribution is 9.10. The smallest absolute Gasteiger partial charge is 0.231 e. The number of carbonyl (C=O) groups excluding carboxylic acids is 1. The topological polar surface area (TPSA) is 51.3 Å². The molecule has 5 heteroatoms. The molecular formula is C16H10BrNO3. The van der Waals surface area contributed by atoms with Gasteiger partial charge in [0, 0.05) is 32.7 Å². The fourth-order valence-electron chi connectivity index (χ4n) is 2.51. The highest BCUT2D eigenvalue weighted by atomic mass is 79.9. The summed E-state index contributed by atoms with van der Waals surface area (Å²) in [6.07, 6.45) is 1.74. The molecule has 2 aromatic carbocycles. The van der Waals surface area contributed by atoms with Crippen molar-refractivity contribution in [1.82, 2.24) is 4.98 Å². The molecular weight excluding hydrogens is 334 g/mol. The maximum atomic E-state index is 12.7. The molecule has 4 rings (SSSR count). The third kappa shape index (κ3) is 1.93. The van der Waals surface area contributed by atoms with Gasteiger partial charge in [-0.05, 0) is 30.3 Å². The Hall–Kier alpha value is -2.27. The SMILES string of the molecule is O=C(c1ccc2c(c1)OCO2)c1c[nH]c2cccc(Br)c12. The molecule has 4 nitrogen and oxygen atoms in total. The van der Waals surface area contributed by atoms with Crippen LogP contribution in [0.1, 0.15) is 15.9 Å². The molecule has 0 radical (unpaired) electrons. The number of halogens is 1. The van der Waals surface area contributed by atoms with E-state index in [1.54, 1.807) is 24.4 Å². The van der Waals surface area contributed by atoms with E-state index >= 15 is 0 Å². The van der Waals surface area contributed by atoms with E-state index in [-0.39, 0.29) is 12.6 Å². The maximum absolute atomic E-state index is 12.7. The predicted octanol–water partition coefficient (Wildman–Crippen LogP) is 3.89. The number of aromatic amines is 1. The quantitative estimate of drug-likeness (QED) is 0.718. The molecule has 0 saturated carbocycles. The van der Waals surface area contributed by atoms with Crippen LogP contribution in [-0.2, 0) is 0 Å². The number of rotatable bonds is 2. The first-order chi connectivity index (χ1) is 10.2. The molecule has 0 aliphatic carbocycles. The second-order valence-corrected chi connectivity index (χ2v) is 5.62. The van der Waals surface area contributed by atoms with E-state index in [4.69, 9.17) is 9.47 Å². The second kappa shape index (κ2) is 4.63. The Labute approximate surface area is 128 Å². The first-order valence-corrected chi connectivity index (χ1v) is 7.23. The van der Waals surface area contributed by atoms with Crippen LogP contribution in [0.25, 0.3) is 10.9 Å². The van der Waals surface area contributed by atoms with Gasteiger partial charge in [-0.15, -0.1) is 0 Å². The first-order valence-electron chi connectivity index (χ1n) is 6.44. The summed E-state index contributed by atoms with van der Waals surface area (Å²) in [6.45, 7) is 0.200. The average Bonchev–Trinajstić information content (AvgIpc) is 3.13. The second-order valence-electron chi connectivity index (χ2n) is 4.76. The lowest BCUT2D eigenvalue weighted by molar-refractivity contribution is 0.104. The summed E-state index contributed by atoms with van der Waals surface area (Å²) in [5.74, 6) is 1.23. The van der Waals surface area contributed by atoms with E-state index in [0.717, 1.165) is 15.4 Å². The minimum absolute atomic E-state index is 0.0496. The molecule has 1 aliphatic heterocycles. The van der Waals surface area contributed by atoms with Gasteiger partial charge in [-0.2, -0.15) is 0 Å². The van der Waals surface area contributed by atoms with Crippen molar-refractivity contribution in [2.24, 2.45) is 0 Å². The van der Waals surface area contributed by atoms with Crippen molar-refractivity contribution < 1.29 is 14.3 Å². The van der Waals surface area contributed by atoms with Gasteiger partial charge >= 0.3 is 0 Å². The van der Waals surface area contributed by atoms with Crippen molar-refractivity contribution >= 4 is 32.6 Å². The zero-order valence-electron chi connectivity index (χ0n) is 10.9. The first kappa shape index (κ1) is 12.5. The molecule has 0 unspecified atom stereocenters. The molecule has 21 heavy (non-hydrogen) atoms. The minimum Gasteiger partial charge on any atom is -0.454 e. The normalized spacial score (nSPS) is 12.8. The van der Waals surface area contributed by atoms with E-state index in [1.807, 2.05) is 18.2 Å². The van der Waals surface area contributed by atoms with Gasteiger partial charge in [-0.3, -0.25) is 4.79 Å². The summed E-state index contributed by atoms with van der Waals surface area (Å²) in [5.41, 5.74) is 2.14. The number of hydrogen-bond donors (Lipinski definition) is 1. The molecule has 1 N–H and O–H groups in total. The average molecular weight is 344 g/mol. The number of ketones is 1. The van der Waals surface area contributed by atoms with Gasteiger partial charge in [0.2, 0.25) is 6.79 Å². The van der Waals surface area contributed by atoms with Gasteiger partial charge in [0.1, 0.15) is 0 Å². The number of H-pyrrole nitrogens is 1. The van der Waals surface area contributed by atoms with Crippen molar-refractivity contribution in [1.29, 1.82) is 0 Å². The van der Waals surface area contributed by atoms with E-state index in [0.29, 0.717) is 22.6 Å². The standard InChI is InChI=1S/C16H10BrNO3/c17-11-2-1-3-12-15(11)10(7-18-12)16(19)9-4-5-13-14(6-9)21-8-20-13/h1-7,18H,8H2. The summed E-state index contributed by atoms with van der Waals surface area (Å²) in [5, 5.41) is 0.889. The third-order valence-corrected chi connectivity index (χ3v) is 4.20. The molecule has 0 fully saturated rings. The van der Waals surface area contributed by atoms with Crippen molar-refractivity contribution in [2.45, 2.75) is 0 Å². The van der Waals surface area contributed by atoms with Crippen LogP contribution in [0.3, 0.4) is 0 Å². The fourth-order valence-corrected chi connectivity index (χ4v) is 3.09. The largest absolute Gasteiger partial charge is 0.454 e. The highest BCUT2D eigenvalue weighted by Gasteiger charge is 2.20. The molecule has 0 spiro atoms. The van der Waals surface area contributed by atoms with Gasteiger partial charge in [0.15, 0.2) is 17.3 Å². The lowest BCUT2D eigenvalue weighted by Gasteiger charge is -2.03. The Morgan fingerprint density at radius 3 is 2.90 bits per heavy atom.